The molecule has 2 atom stereocenters. The van der Waals surface area contributed by atoms with Crippen LogP contribution in [0.2, 0.25) is 0 Å². The molecule has 0 amide bonds. The second-order valence-corrected chi connectivity index (χ2v) is 4.21. The van der Waals surface area contributed by atoms with E-state index >= 15 is 0 Å². The van der Waals surface area contributed by atoms with Crippen LogP contribution in [0.4, 0.5) is 0 Å². The van der Waals surface area contributed by atoms with Crippen molar-refractivity contribution in [2.75, 3.05) is 0 Å². The van der Waals surface area contributed by atoms with E-state index in [2.05, 4.69) is 12.2 Å². The number of hydrogen-bond donors (Lipinski definition) is 2. The van der Waals surface area contributed by atoms with Crippen molar-refractivity contribution in [3.05, 3.63) is 23.3 Å². The Balaban J connectivity index is 2.32. The van der Waals surface area contributed by atoms with E-state index in [9.17, 15) is 10.2 Å². The van der Waals surface area contributed by atoms with Crippen LogP contribution in [0.1, 0.15) is 35.8 Å². The molecule has 1 aromatic rings. The Morgan fingerprint density at radius 3 is 1.86 bits per heavy atom. The fraction of sp³-hybridized carbons (Fsp3) is 0.455. The molecule has 3 aliphatic rings. The molecular formula is C11H13NO2. The van der Waals surface area contributed by atoms with E-state index < -0.39 is 0 Å². The van der Waals surface area contributed by atoms with E-state index in [0.29, 0.717) is 11.8 Å². The Morgan fingerprint density at radius 2 is 1.50 bits per heavy atom. The van der Waals surface area contributed by atoms with E-state index in [0.717, 1.165) is 24.0 Å². The van der Waals surface area contributed by atoms with Crippen LogP contribution < -0.4 is 0 Å². The normalized spacial score (nSPS) is 28.1. The molecule has 74 valence electrons. The van der Waals surface area contributed by atoms with Gasteiger partial charge in [-0.3, -0.25) is 4.57 Å². The molecule has 1 aromatic heterocycles. The van der Waals surface area contributed by atoms with Gasteiger partial charge < -0.3 is 10.2 Å². The first-order valence-electron chi connectivity index (χ1n) is 4.99. The van der Waals surface area contributed by atoms with Gasteiger partial charge in [0.2, 0.25) is 0 Å². The van der Waals surface area contributed by atoms with E-state index in [1.807, 2.05) is 0 Å². The maximum absolute atomic E-state index is 9.86. The number of nitrogens with zero attached hydrogens (tertiary/aromatic N) is 1. The van der Waals surface area contributed by atoms with Crippen molar-refractivity contribution in [3.63, 3.8) is 0 Å². The zero-order valence-corrected chi connectivity index (χ0v) is 8.07. The summed E-state index contributed by atoms with van der Waals surface area (Å²) in [7, 11) is 1.70. The van der Waals surface area contributed by atoms with E-state index in [4.69, 9.17) is 0 Å². The monoisotopic (exact) mass is 191 g/mol. The van der Waals surface area contributed by atoms with Crippen molar-refractivity contribution in [1.82, 2.24) is 4.57 Å². The maximum atomic E-state index is 9.86. The van der Waals surface area contributed by atoms with Gasteiger partial charge in [0.25, 0.3) is 0 Å². The topological polar surface area (TPSA) is 45.4 Å². The molecule has 3 nitrogen and oxygen atoms in total. The molecule has 0 aliphatic heterocycles. The van der Waals surface area contributed by atoms with Crippen molar-refractivity contribution < 1.29 is 10.2 Å². The van der Waals surface area contributed by atoms with E-state index in [-0.39, 0.29) is 11.8 Å². The van der Waals surface area contributed by atoms with Crippen LogP contribution in [0.3, 0.4) is 0 Å². The maximum Gasteiger partial charge on any atom is 0.197 e. The van der Waals surface area contributed by atoms with Gasteiger partial charge in [0.05, 0.1) is 0 Å². The van der Waals surface area contributed by atoms with Crippen LogP contribution in [-0.4, -0.2) is 14.8 Å². The van der Waals surface area contributed by atoms with E-state index in [1.54, 1.807) is 7.05 Å². The summed E-state index contributed by atoms with van der Waals surface area (Å²) in [5.41, 5.74) is 1.90. The number of aromatic nitrogens is 1. The van der Waals surface area contributed by atoms with Crippen LogP contribution in [-0.2, 0) is 7.05 Å². The number of allylic oxidation sites excluding steroid dienone is 2. The summed E-state index contributed by atoms with van der Waals surface area (Å²) in [5, 5.41) is 19.7. The predicted molar refractivity (Wildman–Crippen MR) is 52.6 cm³/mol. The molecule has 3 aliphatic carbocycles. The van der Waals surface area contributed by atoms with Crippen molar-refractivity contribution in [3.8, 4) is 11.8 Å². The number of fused-ring (bicyclic) bond motifs is 1. The highest BCUT2D eigenvalue weighted by molar-refractivity contribution is 5.55. The standard InChI is InChI=1S/C11H13NO2/c1-12-10(13)8-6-2-3-7(5-4-6)9(8)11(12)14/h2-3,6-7,13-14H,4-5H2,1H3/t6-,7+. The summed E-state index contributed by atoms with van der Waals surface area (Å²) < 4.78 is 1.48. The highest BCUT2D eigenvalue weighted by Crippen LogP contribution is 2.52. The van der Waals surface area contributed by atoms with Gasteiger partial charge in [0.15, 0.2) is 11.8 Å². The van der Waals surface area contributed by atoms with E-state index in [1.165, 1.54) is 4.57 Å². The molecule has 0 aromatic carbocycles. The van der Waals surface area contributed by atoms with Gasteiger partial charge in [-0.1, -0.05) is 12.2 Å². The molecule has 0 unspecified atom stereocenters. The van der Waals surface area contributed by atoms with Crippen molar-refractivity contribution in [2.45, 2.75) is 24.7 Å². The summed E-state index contributed by atoms with van der Waals surface area (Å²) in [4.78, 5) is 0. The lowest BCUT2D eigenvalue weighted by Gasteiger charge is -2.30. The minimum absolute atomic E-state index is 0.233. The summed E-state index contributed by atoms with van der Waals surface area (Å²) in [6.45, 7) is 0. The second kappa shape index (κ2) is 2.35. The van der Waals surface area contributed by atoms with Crippen LogP contribution in [0.25, 0.3) is 0 Å². The second-order valence-electron chi connectivity index (χ2n) is 4.21. The molecule has 0 saturated heterocycles. The largest absolute Gasteiger partial charge is 0.494 e. The molecular weight excluding hydrogens is 178 g/mol. The molecule has 14 heavy (non-hydrogen) atoms. The first kappa shape index (κ1) is 7.97. The first-order chi connectivity index (χ1) is 6.70. The zero-order valence-electron chi connectivity index (χ0n) is 8.07. The van der Waals surface area contributed by atoms with Gasteiger partial charge in [-0.15, -0.1) is 0 Å². The molecule has 2 bridgehead atoms. The van der Waals surface area contributed by atoms with Crippen molar-refractivity contribution in [1.29, 1.82) is 0 Å². The molecule has 3 heteroatoms. The van der Waals surface area contributed by atoms with Gasteiger partial charge in [-0.05, 0) is 12.8 Å². The lowest BCUT2D eigenvalue weighted by molar-refractivity contribution is 0.383. The van der Waals surface area contributed by atoms with Gasteiger partial charge >= 0.3 is 0 Å². The highest BCUT2D eigenvalue weighted by Gasteiger charge is 2.36. The van der Waals surface area contributed by atoms with Crippen LogP contribution in [0.5, 0.6) is 11.8 Å². The summed E-state index contributed by atoms with van der Waals surface area (Å²) >= 11 is 0. The minimum atomic E-state index is 0.233. The quantitative estimate of drug-likeness (QED) is 0.616. The molecule has 4 rings (SSSR count). The fourth-order valence-corrected chi connectivity index (χ4v) is 2.73. The fourth-order valence-electron chi connectivity index (χ4n) is 2.73. The average molecular weight is 191 g/mol. The van der Waals surface area contributed by atoms with Crippen LogP contribution in [0.15, 0.2) is 12.2 Å². The SMILES string of the molecule is Cn1c(O)c2c(c1O)[C@H]1C=C[C@@H]2CC1. The minimum Gasteiger partial charge on any atom is -0.494 e. The smallest absolute Gasteiger partial charge is 0.197 e. The lowest BCUT2D eigenvalue weighted by Crippen LogP contribution is -2.15. The molecule has 0 spiro atoms. The van der Waals surface area contributed by atoms with Crippen molar-refractivity contribution >= 4 is 0 Å². The Morgan fingerprint density at radius 1 is 1.07 bits per heavy atom. The Kier molecular flexibility index (Phi) is 1.34. The summed E-state index contributed by atoms with van der Waals surface area (Å²) in [6.07, 6.45) is 6.47. The third-order valence-electron chi connectivity index (χ3n) is 3.51. The van der Waals surface area contributed by atoms with Gasteiger partial charge in [0, 0.05) is 30.0 Å². The zero-order chi connectivity index (χ0) is 9.87. The Labute approximate surface area is 82.3 Å². The molecule has 0 saturated carbocycles. The molecule has 0 radical (unpaired) electrons. The Hall–Kier alpha value is -1.38. The van der Waals surface area contributed by atoms with Gasteiger partial charge in [-0.25, -0.2) is 0 Å². The van der Waals surface area contributed by atoms with Crippen LogP contribution in [0, 0.1) is 0 Å². The summed E-state index contributed by atoms with van der Waals surface area (Å²) in [5.74, 6) is 1.08. The first-order valence-corrected chi connectivity index (χ1v) is 4.99. The van der Waals surface area contributed by atoms with Crippen molar-refractivity contribution in [2.24, 2.45) is 7.05 Å². The number of aromatic hydroxyl groups is 2. The molecule has 0 fully saturated rings. The Bertz CT molecular complexity index is 393. The van der Waals surface area contributed by atoms with Crippen LogP contribution >= 0.6 is 0 Å². The predicted octanol–water partition coefficient (Wildman–Crippen LogP) is 1.97. The number of hydrogen-bond acceptors (Lipinski definition) is 2. The third kappa shape index (κ3) is 0.733. The third-order valence-corrected chi connectivity index (χ3v) is 3.51. The summed E-state index contributed by atoms with van der Waals surface area (Å²) in [6, 6.07) is 0. The highest BCUT2D eigenvalue weighted by atomic mass is 16.3. The number of rotatable bonds is 0. The molecule has 1 heterocycles. The lowest BCUT2D eigenvalue weighted by atomic mass is 9.73. The average Bonchev–Trinajstić information content (AvgIpc) is 2.47. The van der Waals surface area contributed by atoms with Gasteiger partial charge in [0.1, 0.15) is 0 Å². The van der Waals surface area contributed by atoms with Gasteiger partial charge in [-0.2, -0.15) is 0 Å². The molecule has 2 N–H and O–H groups in total.